The minimum atomic E-state index is 0.640. The van der Waals surface area contributed by atoms with Gasteiger partial charge in [-0.15, -0.1) is 0 Å². The van der Waals surface area contributed by atoms with Crippen molar-refractivity contribution in [3.05, 3.63) is 48.0 Å². The van der Waals surface area contributed by atoms with Gasteiger partial charge in [0.1, 0.15) is 17.2 Å². The van der Waals surface area contributed by atoms with E-state index in [1.165, 1.54) is 0 Å². The van der Waals surface area contributed by atoms with Crippen molar-refractivity contribution in [1.82, 2.24) is 0 Å². The van der Waals surface area contributed by atoms with Crippen LogP contribution < -0.4 is 19.2 Å². The van der Waals surface area contributed by atoms with E-state index in [1.54, 1.807) is 44.7 Å². The number of benzene rings is 2. The van der Waals surface area contributed by atoms with E-state index in [-0.39, 0.29) is 0 Å². The van der Waals surface area contributed by atoms with Gasteiger partial charge in [-0.25, -0.2) is 0 Å². The summed E-state index contributed by atoms with van der Waals surface area (Å²) in [5, 5.41) is 6.23. The van der Waals surface area contributed by atoms with Gasteiger partial charge in [0.2, 0.25) is 0 Å². The molecule has 0 saturated heterocycles. The van der Waals surface area contributed by atoms with Gasteiger partial charge in [-0.2, -0.15) is 5.10 Å². The normalized spacial score (nSPS) is 10.5. The minimum Gasteiger partial charge on any atom is -0.496 e. The van der Waals surface area contributed by atoms with Crippen molar-refractivity contribution in [3.63, 3.8) is 0 Å². The summed E-state index contributed by atoms with van der Waals surface area (Å²) >= 11 is 0. The number of anilines is 1. The predicted octanol–water partition coefficient (Wildman–Crippen LogP) is 3.18. The maximum absolute atomic E-state index is 5.40. The highest BCUT2D eigenvalue weighted by molar-refractivity contribution is 5.88. The molecule has 22 heavy (non-hydrogen) atoms. The van der Waals surface area contributed by atoms with Gasteiger partial charge in [0.15, 0.2) is 0 Å². The van der Waals surface area contributed by atoms with Gasteiger partial charge >= 0.3 is 0 Å². The Hall–Kier alpha value is -2.69. The molecule has 5 nitrogen and oxygen atoms in total. The topological polar surface area (TPSA) is 43.3 Å². The van der Waals surface area contributed by atoms with Crippen molar-refractivity contribution in [1.29, 1.82) is 0 Å². The molecule has 0 spiro atoms. The molecule has 0 N–H and O–H groups in total. The lowest BCUT2D eigenvalue weighted by Gasteiger charge is -2.15. The number of ether oxygens (including phenoxy) is 3. The first-order valence-electron chi connectivity index (χ1n) is 6.82. The van der Waals surface area contributed by atoms with Crippen molar-refractivity contribution in [3.8, 4) is 17.2 Å². The summed E-state index contributed by atoms with van der Waals surface area (Å²) in [6.07, 6.45) is 1.71. The molecular formula is C17H20N2O3. The highest BCUT2D eigenvalue weighted by Gasteiger charge is 2.11. The van der Waals surface area contributed by atoms with Crippen LogP contribution in [0.4, 0.5) is 5.69 Å². The van der Waals surface area contributed by atoms with Crippen LogP contribution in [0.2, 0.25) is 0 Å². The van der Waals surface area contributed by atoms with E-state index in [0.717, 1.165) is 11.3 Å². The Morgan fingerprint density at radius 3 is 2.00 bits per heavy atom. The van der Waals surface area contributed by atoms with Crippen LogP contribution in [0.3, 0.4) is 0 Å². The summed E-state index contributed by atoms with van der Waals surface area (Å²) in [5.41, 5.74) is 1.75. The van der Waals surface area contributed by atoms with Crippen molar-refractivity contribution in [2.45, 2.75) is 0 Å². The van der Waals surface area contributed by atoms with E-state index in [0.29, 0.717) is 17.2 Å². The molecule has 0 aromatic heterocycles. The lowest BCUT2D eigenvalue weighted by molar-refractivity contribution is 0.374. The Balaban J connectivity index is 2.33. The largest absolute Gasteiger partial charge is 0.496 e. The molecule has 0 heterocycles. The monoisotopic (exact) mass is 300 g/mol. The third-order valence-corrected chi connectivity index (χ3v) is 3.24. The maximum atomic E-state index is 5.40. The van der Waals surface area contributed by atoms with Crippen LogP contribution in [0, 0.1) is 0 Å². The molecule has 0 fully saturated rings. The Labute approximate surface area is 130 Å². The van der Waals surface area contributed by atoms with Crippen LogP contribution in [-0.4, -0.2) is 34.6 Å². The Kier molecular flexibility index (Phi) is 5.25. The molecule has 2 aromatic rings. The van der Waals surface area contributed by atoms with E-state index in [2.05, 4.69) is 5.10 Å². The second kappa shape index (κ2) is 7.36. The molecule has 0 bridgehead atoms. The average Bonchev–Trinajstić information content (AvgIpc) is 2.59. The highest BCUT2D eigenvalue weighted by Crippen LogP contribution is 2.32. The second-order valence-corrected chi connectivity index (χ2v) is 4.55. The fourth-order valence-electron chi connectivity index (χ4n) is 2.01. The molecule has 2 rings (SSSR count). The first-order chi connectivity index (χ1) is 10.7. The molecule has 0 aliphatic carbocycles. The van der Waals surface area contributed by atoms with Gasteiger partial charge in [0.05, 0.1) is 38.8 Å². The van der Waals surface area contributed by atoms with E-state index in [4.69, 9.17) is 14.2 Å². The Bertz CT molecular complexity index is 617. The SMILES string of the molecule is COc1cc(OC)c(/C=N\N(C)c2ccccc2)c(OC)c1. The number of hydrogen-bond acceptors (Lipinski definition) is 5. The van der Waals surface area contributed by atoms with Crippen molar-refractivity contribution in [2.75, 3.05) is 33.4 Å². The molecule has 2 aromatic carbocycles. The van der Waals surface area contributed by atoms with E-state index in [1.807, 2.05) is 37.4 Å². The van der Waals surface area contributed by atoms with Crippen LogP contribution in [-0.2, 0) is 0 Å². The summed E-state index contributed by atoms with van der Waals surface area (Å²) in [6, 6.07) is 13.5. The lowest BCUT2D eigenvalue weighted by Crippen LogP contribution is -2.09. The first kappa shape index (κ1) is 15.7. The van der Waals surface area contributed by atoms with Gasteiger partial charge < -0.3 is 14.2 Å². The zero-order valence-electron chi connectivity index (χ0n) is 13.2. The van der Waals surface area contributed by atoms with Gasteiger partial charge in [-0.05, 0) is 12.1 Å². The van der Waals surface area contributed by atoms with Crippen molar-refractivity contribution < 1.29 is 14.2 Å². The van der Waals surface area contributed by atoms with Crippen LogP contribution >= 0.6 is 0 Å². The number of para-hydroxylation sites is 1. The van der Waals surface area contributed by atoms with Gasteiger partial charge in [0.25, 0.3) is 0 Å². The molecule has 5 heteroatoms. The van der Waals surface area contributed by atoms with Crippen LogP contribution in [0.15, 0.2) is 47.6 Å². The Morgan fingerprint density at radius 1 is 0.909 bits per heavy atom. The fourth-order valence-corrected chi connectivity index (χ4v) is 2.01. The smallest absolute Gasteiger partial charge is 0.135 e. The predicted molar refractivity (Wildman–Crippen MR) is 88.5 cm³/mol. The third kappa shape index (κ3) is 3.49. The summed E-state index contributed by atoms with van der Waals surface area (Å²) in [5.74, 6) is 1.95. The van der Waals surface area contributed by atoms with Gasteiger partial charge in [-0.3, -0.25) is 5.01 Å². The van der Waals surface area contributed by atoms with Gasteiger partial charge in [0, 0.05) is 19.2 Å². The molecule has 0 aliphatic heterocycles. The first-order valence-corrected chi connectivity index (χ1v) is 6.82. The number of rotatable bonds is 6. The van der Waals surface area contributed by atoms with Crippen LogP contribution in [0.1, 0.15) is 5.56 Å². The molecule has 0 amide bonds. The summed E-state index contributed by atoms with van der Waals surface area (Å²) < 4.78 is 16.0. The standard InChI is InChI=1S/C17H20N2O3/c1-19(13-8-6-5-7-9-13)18-12-15-16(21-3)10-14(20-2)11-17(15)22-4/h5-12H,1-4H3/b18-12-. The number of hydrogen-bond donors (Lipinski definition) is 0. The van der Waals surface area contributed by atoms with E-state index in [9.17, 15) is 0 Å². The van der Waals surface area contributed by atoms with Crippen LogP contribution in [0.5, 0.6) is 17.2 Å². The Morgan fingerprint density at radius 2 is 1.50 bits per heavy atom. The quantitative estimate of drug-likeness (QED) is 0.607. The summed E-state index contributed by atoms with van der Waals surface area (Å²) in [4.78, 5) is 0. The third-order valence-electron chi connectivity index (χ3n) is 3.24. The number of methoxy groups -OCH3 is 3. The molecule has 0 atom stereocenters. The maximum Gasteiger partial charge on any atom is 0.135 e. The van der Waals surface area contributed by atoms with Crippen molar-refractivity contribution >= 4 is 11.9 Å². The molecule has 0 radical (unpaired) electrons. The molecule has 0 aliphatic rings. The zero-order valence-corrected chi connectivity index (χ0v) is 13.2. The zero-order chi connectivity index (χ0) is 15.9. The van der Waals surface area contributed by atoms with Crippen molar-refractivity contribution in [2.24, 2.45) is 5.10 Å². The second-order valence-electron chi connectivity index (χ2n) is 4.55. The van der Waals surface area contributed by atoms with E-state index < -0.39 is 0 Å². The number of hydrazone groups is 1. The minimum absolute atomic E-state index is 0.640. The number of nitrogens with zero attached hydrogens (tertiary/aromatic N) is 2. The highest BCUT2D eigenvalue weighted by atomic mass is 16.5. The molecule has 0 unspecified atom stereocenters. The summed E-state index contributed by atoms with van der Waals surface area (Å²) in [6.45, 7) is 0. The fraction of sp³-hybridized carbons (Fsp3) is 0.235. The van der Waals surface area contributed by atoms with Crippen LogP contribution in [0.25, 0.3) is 0 Å². The molecular weight excluding hydrogens is 280 g/mol. The summed E-state index contributed by atoms with van der Waals surface area (Å²) in [7, 11) is 6.69. The average molecular weight is 300 g/mol. The van der Waals surface area contributed by atoms with E-state index >= 15 is 0 Å². The molecule has 0 saturated carbocycles. The van der Waals surface area contributed by atoms with Gasteiger partial charge in [-0.1, -0.05) is 18.2 Å². The molecule has 116 valence electrons. The lowest BCUT2D eigenvalue weighted by atomic mass is 10.2.